The first-order valence-corrected chi connectivity index (χ1v) is 6.74. The molecule has 2 aromatic rings. The highest BCUT2D eigenvalue weighted by Gasteiger charge is 2.15. The summed E-state index contributed by atoms with van der Waals surface area (Å²) < 4.78 is 5.62. The number of nitrogens with zero attached hydrogens (tertiary/aromatic N) is 1. The van der Waals surface area contributed by atoms with Gasteiger partial charge in [0.15, 0.2) is 0 Å². The highest BCUT2D eigenvalue weighted by atomic mass is 16.5. The van der Waals surface area contributed by atoms with Crippen LogP contribution in [0.3, 0.4) is 0 Å². The lowest BCUT2D eigenvalue weighted by Gasteiger charge is -2.21. The van der Waals surface area contributed by atoms with E-state index in [4.69, 9.17) is 15.6 Å². The van der Waals surface area contributed by atoms with Crippen LogP contribution >= 0.6 is 0 Å². The minimum absolute atomic E-state index is 0.200. The number of nitrogens with two attached hydrogens (primary N) is 1. The molecule has 0 saturated heterocycles. The zero-order chi connectivity index (χ0) is 15.7. The van der Waals surface area contributed by atoms with Gasteiger partial charge in [0.25, 0.3) is 0 Å². The van der Waals surface area contributed by atoms with Crippen molar-refractivity contribution in [3.05, 3.63) is 47.5 Å². The lowest BCUT2D eigenvalue weighted by molar-refractivity contribution is 0.0697. The molecule has 112 valence electrons. The maximum Gasteiger partial charge on any atom is 0.335 e. The van der Waals surface area contributed by atoms with Crippen LogP contribution in [-0.4, -0.2) is 23.5 Å². The molecule has 0 amide bonds. The Kier molecular flexibility index (Phi) is 3.42. The van der Waals surface area contributed by atoms with E-state index in [-0.39, 0.29) is 12.2 Å². The number of hydrogen-bond acceptors (Lipinski definition) is 4. The Balaban J connectivity index is 1.94. The predicted octanol–water partition coefficient (Wildman–Crippen LogP) is 2.81. The summed E-state index contributed by atoms with van der Waals surface area (Å²) in [5.41, 5.74) is 8.81. The molecule has 6 nitrogen and oxygen atoms in total. The molecular formula is C16H15N3O3. The van der Waals surface area contributed by atoms with Crippen LogP contribution in [0.4, 0.5) is 17.1 Å². The molecule has 1 heterocycles. The Hall–Kier alpha value is -3.02. The lowest BCUT2D eigenvalue weighted by atomic mass is 10.1. The third-order valence-electron chi connectivity index (χ3n) is 3.36. The summed E-state index contributed by atoms with van der Waals surface area (Å²) in [6.07, 6.45) is 0. The number of hydrogen-bond donors (Lipinski definition) is 3. The summed E-state index contributed by atoms with van der Waals surface area (Å²) in [5.74, 6) is 0.334. The number of aromatic carboxylic acids is 1. The Labute approximate surface area is 127 Å². The minimum Gasteiger partial charge on any atom is -0.484 e. The van der Waals surface area contributed by atoms with Gasteiger partial charge in [-0.25, -0.2) is 9.79 Å². The second kappa shape index (κ2) is 5.40. The van der Waals surface area contributed by atoms with Crippen molar-refractivity contribution in [2.45, 2.75) is 6.92 Å². The van der Waals surface area contributed by atoms with Crippen LogP contribution in [0.15, 0.2) is 41.4 Å². The molecule has 0 saturated carbocycles. The average Bonchev–Trinajstić information content (AvgIpc) is 2.49. The molecule has 6 heteroatoms. The Morgan fingerprint density at radius 1 is 1.32 bits per heavy atom. The van der Waals surface area contributed by atoms with E-state index in [1.54, 1.807) is 36.4 Å². The fraction of sp³-hybridized carbons (Fsp3) is 0.125. The van der Waals surface area contributed by atoms with E-state index in [0.29, 0.717) is 23.0 Å². The van der Waals surface area contributed by atoms with Gasteiger partial charge in [-0.3, -0.25) is 0 Å². The number of nitrogen functional groups attached to an aromatic ring is 1. The highest BCUT2D eigenvalue weighted by Crippen LogP contribution is 2.30. The first-order valence-electron chi connectivity index (χ1n) is 6.74. The lowest BCUT2D eigenvalue weighted by Crippen LogP contribution is -2.25. The number of anilines is 2. The number of carboxylic acids is 1. The SMILES string of the molecule is Cc1ccc(C(=O)O)cc1N=C1COc2ccc(N)cc2N1. The van der Waals surface area contributed by atoms with Crippen molar-refractivity contribution in [2.75, 3.05) is 17.7 Å². The number of nitrogens with one attached hydrogen (secondary N) is 1. The third-order valence-corrected chi connectivity index (χ3v) is 3.36. The van der Waals surface area contributed by atoms with Gasteiger partial charge < -0.3 is 20.9 Å². The minimum atomic E-state index is -0.979. The van der Waals surface area contributed by atoms with Crippen molar-refractivity contribution >= 4 is 28.9 Å². The summed E-state index contributed by atoms with van der Waals surface area (Å²) in [5, 5.41) is 12.2. The smallest absolute Gasteiger partial charge is 0.335 e. The van der Waals surface area contributed by atoms with Gasteiger partial charge in [0.2, 0.25) is 0 Å². The monoisotopic (exact) mass is 297 g/mol. The van der Waals surface area contributed by atoms with Crippen LogP contribution < -0.4 is 15.8 Å². The highest BCUT2D eigenvalue weighted by molar-refractivity contribution is 6.01. The van der Waals surface area contributed by atoms with Crippen LogP contribution in [-0.2, 0) is 0 Å². The molecule has 4 N–H and O–H groups in total. The second-order valence-corrected chi connectivity index (χ2v) is 5.03. The van der Waals surface area contributed by atoms with Crippen LogP contribution in [0.2, 0.25) is 0 Å². The molecule has 0 fully saturated rings. The molecular weight excluding hydrogens is 282 g/mol. The number of fused-ring (bicyclic) bond motifs is 1. The number of rotatable bonds is 2. The van der Waals surface area contributed by atoms with Gasteiger partial charge in [-0.2, -0.15) is 0 Å². The Bertz CT molecular complexity index is 784. The first kappa shape index (κ1) is 13.9. The van der Waals surface area contributed by atoms with Crippen LogP contribution in [0, 0.1) is 6.92 Å². The molecule has 22 heavy (non-hydrogen) atoms. The second-order valence-electron chi connectivity index (χ2n) is 5.03. The molecule has 0 bridgehead atoms. The van der Waals surface area contributed by atoms with Crippen LogP contribution in [0.1, 0.15) is 15.9 Å². The third kappa shape index (κ3) is 2.71. The maximum absolute atomic E-state index is 11.1. The summed E-state index contributed by atoms with van der Waals surface area (Å²) in [6.45, 7) is 2.16. The number of benzene rings is 2. The summed E-state index contributed by atoms with van der Waals surface area (Å²) in [6, 6.07) is 10.2. The van der Waals surface area contributed by atoms with Crippen LogP contribution in [0.5, 0.6) is 5.75 Å². The van der Waals surface area contributed by atoms with Crippen molar-refractivity contribution in [1.82, 2.24) is 0 Å². The number of carbonyl (C=O) groups is 1. The van der Waals surface area contributed by atoms with Gasteiger partial charge >= 0.3 is 5.97 Å². The number of ether oxygens (including phenoxy) is 1. The molecule has 1 aliphatic heterocycles. The summed E-state index contributed by atoms with van der Waals surface area (Å²) in [7, 11) is 0. The molecule has 0 radical (unpaired) electrons. The van der Waals surface area contributed by atoms with E-state index in [1.165, 1.54) is 0 Å². The Morgan fingerprint density at radius 3 is 2.91 bits per heavy atom. The average molecular weight is 297 g/mol. The maximum atomic E-state index is 11.1. The normalized spacial score (nSPS) is 14.9. The van der Waals surface area contributed by atoms with Gasteiger partial charge in [-0.05, 0) is 42.8 Å². The van der Waals surface area contributed by atoms with Crippen molar-refractivity contribution in [1.29, 1.82) is 0 Å². The van der Waals surface area contributed by atoms with E-state index >= 15 is 0 Å². The first-order chi connectivity index (χ1) is 10.5. The fourth-order valence-electron chi connectivity index (χ4n) is 2.18. The number of aryl methyl sites for hydroxylation is 1. The largest absolute Gasteiger partial charge is 0.484 e. The van der Waals surface area contributed by atoms with Crippen LogP contribution in [0.25, 0.3) is 0 Å². The van der Waals surface area contributed by atoms with Gasteiger partial charge in [0.05, 0.1) is 16.9 Å². The number of amidine groups is 1. The molecule has 0 aliphatic carbocycles. The van der Waals surface area contributed by atoms with Crippen molar-refractivity contribution in [3.8, 4) is 5.75 Å². The molecule has 0 unspecified atom stereocenters. The molecule has 3 rings (SSSR count). The van der Waals surface area contributed by atoms with Gasteiger partial charge in [-0.15, -0.1) is 0 Å². The zero-order valence-corrected chi connectivity index (χ0v) is 12.0. The van der Waals surface area contributed by atoms with E-state index in [2.05, 4.69) is 10.3 Å². The van der Waals surface area contributed by atoms with Gasteiger partial charge in [0, 0.05) is 5.69 Å². The molecule has 0 aromatic heterocycles. The predicted molar refractivity (Wildman–Crippen MR) is 85.2 cm³/mol. The number of carboxylic acid groups (broad SMARTS) is 1. The van der Waals surface area contributed by atoms with E-state index < -0.39 is 5.97 Å². The fourth-order valence-corrected chi connectivity index (χ4v) is 2.18. The molecule has 0 atom stereocenters. The van der Waals surface area contributed by atoms with E-state index in [1.807, 2.05) is 6.92 Å². The van der Waals surface area contributed by atoms with Gasteiger partial charge in [0.1, 0.15) is 18.2 Å². The Morgan fingerprint density at radius 2 is 2.14 bits per heavy atom. The van der Waals surface area contributed by atoms with Gasteiger partial charge in [-0.1, -0.05) is 6.07 Å². The van der Waals surface area contributed by atoms with E-state index in [0.717, 1.165) is 11.3 Å². The summed E-state index contributed by atoms with van der Waals surface area (Å²) >= 11 is 0. The number of aliphatic imine (C=N–C) groups is 1. The van der Waals surface area contributed by atoms with E-state index in [9.17, 15) is 4.79 Å². The molecule has 1 aliphatic rings. The topological polar surface area (TPSA) is 96.9 Å². The van der Waals surface area contributed by atoms with Crippen molar-refractivity contribution in [2.24, 2.45) is 4.99 Å². The van der Waals surface area contributed by atoms with Crippen molar-refractivity contribution < 1.29 is 14.6 Å². The standard InChI is InChI=1S/C16H15N3O3/c1-9-2-3-10(16(20)21)6-12(9)18-15-8-22-14-5-4-11(17)7-13(14)19-15/h2-7H,8,17H2,1H3,(H,18,19)(H,20,21). The molecule has 2 aromatic carbocycles. The van der Waals surface area contributed by atoms with Crippen molar-refractivity contribution in [3.63, 3.8) is 0 Å². The summed E-state index contributed by atoms with van der Waals surface area (Å²) in [4.78, 5) is 15.5. The quantitative estimate of drug-likeness (QED) is 0.741. The molecule has 0 spiro atoms. The zero-order valence-electron chi connectivity index (χ0n) is 12.0.